The van der Waals surface area contributed by atoms with Crippen LogP contribution in [0.3, 0.4) is 0 Å². The van der Waals surface area contributed by atoms with Crippen LogP contribution in [0.1, 0.15) is 40.5 Å². The average Bonchev–Trinajstić information content (AvgIpc) is 2.57. The van der Waals surface area contributed by atoms with E-state index in [1.807, 2.05) is 20.8 Å². The number of rotatable bonds is 3. The van der Waals surface area contributed by atoms with Crippen LogP contribution in [0.4, 0.5) is 4.79 Å². The molecular weight excluding hydrogens is 246 g/mol. The van der Waals surface area contributed by atoms with Gasteiger partial charge in [0.2, 0.25) is 0 Å². The Bertz CT molecular complexity index is 417. The van der Waals surface area contributed by atoms with Gasteiger partial charge in [-0.3, -0.25) is 4.79 Å². The van der Waals surface area contributed by atoms with E-state index in [1.54, 1.807) is 0 Å². The number of primary amides is 1. The minimum absolute atomic E-state index is 0.166. The number of nitrogens with zero attached hydrogens (tertiary/aromatic N) is 1. The number of nitrogens with two attached hydrogens (primary N) is 1. The van der Waals surface area contributed by atoms with Crippen molar-refractivity contribution >= 4 is 17.7 Å². The standard InChI is InChI=1S/C13H23N3O3/c1-8(15-16-11(14)18)13(4)7-6-9(10(17)19-5)12(13,2)3/h9H,6-7H2,1-5H3,(H3,14,16,18)/b15-8-/t9-,13+/m0/s1. The van der Waals surface area contributed by atoms with Crippen LogP contribution in [0.25, 0.3) is 0 Å². The van der Waals surface area contributed by atoms with E-state index in [0.29, 0.717) is 0 Å². The number of hydrazone groups is 1. The summed E-state index contributed by atoms with van der Waals surface area (Å²) in [5, 5.41) is 4.03. The molecule has 1 saturated carbocycles. The third-order valence-corrected chi connectivity index (χ3v) is 4.84. The zero-order chi connectivity index (χ0) is 14.8. The second-order valence-electron chi connectivity index (χ2n) is 5.84. The Hall–Kier alpha value is -1.59. The van der Waals surface area contributed by atoms with Gasteiger partial charge in [-0.1, -0.05) is 20.8 Å². The largest absolute Gasteiger partial charge is 0.469 e. The van der Waals surface area contributed by atoms with Gasteiger partial charge < -0.3 is 10.5 Å². The van der Waals surface area contributed by atoms with Crippen LogP contribution in [0.5, 0.6) is 0 Å². The van der Waals surface area contributed by atoms with E-state index >= 15 is 0 Å². The Labute approximate surface area is 113 Å². The van der Waals surface area contributed by atoms with Crippen molar-refractivity contribution < 1.29 is 14.3 Å². The minimum Gasteiger partial charge on any atom is -0.469 e. The summed E-state index contributed by atoms with van der Waals surface area (Å²) in [6.45, 7) is 7.96. The smallest absolute Gasteiger partial charge is 0.332 e. The van der Waals surface area contributed by atoms with Crippen molar-refractivity contribution in [2.24, 2.45) is 27.6 Å². The van der Waals surface area contributed by atoms with Gasteiger partial charge in [-0.25, -0.2) is 10.2 Å². The summed E-state index contributed by atoms with van der Waals surface area (Å²) in [6.07, 6.45) is 1.56. The Morgan fingerprint density at radius 2 is 1.95 bits per heavy atom. The molecule has 0 aromatic carbocycles. The molecule has 2 amide bonds. The molecule has 6 heteroatoms. The quantitative estimate of drug-likeness (QED) is 0.463. The molecule has 0 aliphatic heterocycles. The van der Waals surface area contributed by atoms with Crippen molar-refractivity contribution in [3.05, 3.63) is 0 Å². The van der Waals surface area contributed by atoms with Crippen LogP contribution < -0.4 is 11.2 Å². The highest BCUT2D eigenvalue weighted by atomic mass is 16.5. The van der Waals surface area contributed by atoms with Gasteiger partial charge in [0.1, 0.15) is 0 Å². The Morgan fingerprint density at radius 1 is 1.37 bits per heavy atom. The number of amides is 2. The first kappa shape index (κ1) is 15.5. The zero-order valence-electron chi connectivity index (χ0n) is 12.2. The molecule has 0 bridgehead atoms. The van der Waals surface area contributed by atoms with E-state index in [2.05, 4.69) is 17.5 Å². The molecule has 0 aromatic rings. The third-order valence-electron chi connectivity index (χ3n) is 4.84. The maximum atomic E-state index is 11.9. The van der Waals surface area contributed by atoms with Crippen LogP contribution in [0.2, 0.25) is 0 Å². The topological polar surface area (TPSA) is 93.8 Å². The highest BCUT2D eigenvalue weighted by molar-refractivity contribution is 5.91. The van der Waals surface area contributed by atoms with Crippen molar-refractivity contribution in [3.8, 4) is 0 Å². The highest BCUT2D eigenvalue weighted by Crippen LogP contribution is 2.56. The average molecular weight is 269 g/mol. The minimum atomic E-state index is -0.691. The van der Waals surface area contributed by atoms with E-state index in [9.17, 15) is 9.59 Å². The molecule has 2 atom stereocenters. The second-order valence-corrected chi connectivity index (χ2v) is 5.84. The number of hydrogen-bond donors (Lipinski definition) is 2. The van der Waals surface area contributed by atoms with Gasteiger partial charge in [-0.05, 0) is 25.2 Å². The molecule has 3 N–H and O–H groups in total. The molecule has 0 heterocycles. The molecule has 6 nitrogen and oxygen atoms in total. The number of ether oxygens (including phenoxy) is 1. The molecule has 0 saturated heterocycles. The first-order chi connectivity index (χ1) is 8.66. The first-order valence-electron chi connectivity index (χ1n) is 6.35. The zero-order valence-corrected chi connectivity index (χ0v) is 12.2. The molecular formula is C13H23N3O3. The second kappa shape index (κ2) is 5.19. The van der Waals surface area contributed by atoms with E-state index in [1.165, 1.54) is 7.11 Å². The Morgan fingerprint density at radius 3 is 2.42 bits per heavy atom. The lowest BCUT2D eigenvalue weighted by atomic mass is 9.63. The van der Waals surface area contributed by atoms with Crippen molar-refractivity contribution in [2.75, 3.05) is 7.11 Å². The number of urea groups is 1. The number of hydrogen-bond acceptors (Lipinski definition) is 4. The van der Waals surface area contributed by atoms with Crippen LogP contribution in [0, 0.1) is 16.7 Å². The third kappa shape index (κ3) is 2.57. The Balaban J connectivity index is 3.03. The van der Waals surface area contributed by atoms with Crippen LogP contribution in [-0.2, 0) is 9.53 Å². The van der Waals surface area contributed by atoms with Crippen molar-refractivity contribution in [3.63, 3.8) is 0 Å². The number of nitrogens with one attached hydrogen (secondary N) is 1. The van der Waals surface area contributed by atoms with E-state index in [0.717, 1.165) is 18.6 Å². The Kier molecular flexibility index (Phi) is 4.22. The maximum absolute atomic E-state index is 11.9. The number of carbonyl (C=O) groups excluding carboxylic acids is 2. The first-order valence-corrected chi connectivity index (χ1v) is 6.35. The molecule has 1 aliphatic carbocycles. The van der Waals surface area contributed by atoms with Crippen molar-refractivity contribution in [2.45, 2.75) is 40.5 Å². The summed E-state index contributed by atoms with van der Waals surface area (Å²) >= 11 is 0. The normalized spacial score (nSPS) is 29.9. The molecule has 19 heavy (non-hydrogen) atoms. The molecule has 108 valence electrons. The summed E-state index contributed by atoms with van der Waals surface area (Å²) < 4.78 is 4.87. The highest BCUT2D eigenvalue weighted by Gasteiger charge is 2.56. The van der Waals surface area contributed by atoms with Gasteiger partial charge in [0, 0.05) is 11.1 Å². The van der Waals surface area contributed by atoms with Crippen molar-refractivity contribution in [1.29, 1.82) is 0 Å². The molecule has 0 spiro atoms. The summed E-state index contributed by atoms with van der Waals surface area (Å²) in [7, 11) is 1.41. The van der Waals surface area contributed by atoms with Gasteiger partial charge in [-0.2, -0.15) is 5.10 Å². The van der Waals surface area contributed by atoms with E-state index in [-0.39, 0.29) is 22.7 Å². The summed E-state index contributed by atoms with van der Waals surface area (Å²) in [4.78, 5) is 22.6. The predicted molar refractivity (Wildman–Crippen MR) is 72.5 cm³/mol. The van der Waals surface area contributed by atoms with Crippen molar-refractivity contribution in [1.82, 2.24) is 5.43 Å². The van der Waals surface area contributed by atoms with Gasteiger partial charge >= 0.3 is 12.0 Å². The van der Waals surface area contributed by atoms with Gasteiger partial charge in [0.15, 0.2) is 0 Å². The molecule has 0 aromatic heterocycles. The predicted octanol–water partition coefficient (Wildman–Crippen LogP) is 1.65. The summed E-state index contributed by atoms with van der Waals surface area (Å²) in [5.41, 5.74) is 7.45. The fourth-order valence-electron chi connectivity index (χ4n) is 2.96. The fourth-order valence-corrected chi connectivity index (χ4v) is 2.96. The van der Waals surface area contributed by atoms with Crippen LogP contribution in [0.15, 0.2) is 5.10 Å². The van der Waals surface area contributed by atoms with Crippen LogP contribution >= 0.6 is 0 Å². The maximum Gasteiger partial charge on any atom is 0.332 e. The molecule has 1 aliphatic rings. The number of carbonyl (C=O) groups is 2. The summed E-state index contributed by atoms with van der Waals surface area (Å²) in [6, 6.07) is -0.691. The number of esters is 1. The van der Waals surface area contributed by atoms with Gasteiger partial charge in [0.05, 0.1) is 13.0 Å². The lowest BCUT2D eigenvalue weighted by molar-refractivity contribution is -0.149. The lowest BCUT2D eigenvalue weighted by Crippen LogP contribution is -2.43. The van der Waals surface area contributed by atoms with Crippen LogP contribution in [-0.4, -0.2) is 24.8 Å². The van der Waals surface area contributed by atoms with E-state index in [4.69, 9.17) is 10.5 Å². The molecule has 1 rings (SSSR count). The van der Waals surface area contributed by atoms with E-state index < -0.39 is 6.03 Å². The summed E-state index contributed by atoms with van der Waals surface area (Å²) in [5.74, 6) is -0.356. The SMILES string of the molecule is COC(=O)[C@@H]1CC[C@](C)(/C(C)=N\NC(N)=O)C1(C)C. The fraction of sp³-hybridized carbons (Fsp3) is 0.769. The molecule has 1 fully saturated rings. The van der Waals surface area contributed by atoms with Gasteiger partial charge in [0.25, 0.3) is 0 Å². The lowest BCUT2D eigenvalue weighted by Gasteiger charge is -2.40. The van der Waals surface area contributed by atoms with Gasteiger partial charge in [-0.15, -0.1) is 0 Å². The number of methoxy groups -OCH3 is 1. The molecule has 0 radical (unpaired) electrons. The monoisotopic (exact) mass is 269 g/mol. The molecule has 0 unspecified atom stereocenters.